The Labute approximate surface area is 248 Å². The van der Waals surface area contributed by atoms with Gasteiger partial charge in [-0.25, -0.2) is 0 Å². The van der Waals surface area contributed by atoms with E-state index < -0.39 is 60.1 Å². The number of hydrogen-bond acceptors (Lipinski definition) is 8. The van der Waals surface area contributed by atoms with Gasteiger partial charge in [-0.15, -0.1) is 0 Å². The number of allylic oxidation sites excluding steroid dienone is 4. The lowest BCUT2D eigenvalue weighted by Gasteiger charge is -2.27. The molecule has 0 spiro atoms. The molecule has 2 aromatic heterocycles. The highest BCUT2D eigenvalue weighted by Gasteiger charge is 2.23. The molecule has 1 aliphatic rings. The van der Waals surface area contributed by atoms with Gasteiger partial charge in [-0.2, -0.15) is 33.7 Å². The summed E-state index contributed by atoms with van der Waals surface area (Å²) in [5.41, 5.74) is 0.508. The Morgan fingerprint density at radius 1 is 0.628 bits per heavy atom. The van der Waals surface area contributed by atoms with Gasteiger partial charge in [0.2, 0.25) is 0 Å². The van der Waals surface area contributed by atoms with Gasteiger partial charge in [0.1, 0.15) is 9.79 Å². The van der Waals surface area contributed by atoms with Crippen molar-refractivity contribution in [2.75, 3.05) is 0 Å². The van der Waals surface area contributed by atoms with Crippen molar-refractivity contribution in [3.63, 3.8) is 0 Å². The van der Waals surface area contributed by atoms with Crippen LogP contribution >= 0.6 is 0 Å². The third-order valence-electron chi connectivity index (χ3n) is 6.56. The van der Waals surface area contributed by atoms with E-state index in [9.17, 15) is 33.7 Å². The van der Waals surface area contributed by atoms with Crippen molar-refractivity contribution < 1.29 is 51.9 Å². The Morgan fingerprint density at radius 2 is 1.02 bits per heavy atom. The van der Waals surface area contributed by atoms with Crippen LogP contribution in [0.2, 0.25) is 0 Å². The monoisotopic (exact) mass is 676 g/mol. The zero-order chi connectivity index (χ0) is 32.6. The topological polar surface area (TPSA) is 249 Å². The molecule has 0 radical (unpaired) electrons. The Hall–Kier alpha value is -3.36. The molecule has 0 amide bonds. The first-order chi connectivity index (χ1) is 19.5. The predicted molar refractivity (Wildman–Crippen MR) is 157 cm³/mol. The van der Waals surface area contributed by atoms with Gasteiger partial charge in [0.05, 0.1) is 20.8 Å². The van der Waals surface area contributed by atoms with Crippen molar-refractivity contribution in [1.29, 1.82) is 0 Å². The highest BCUT2D eigenvalue weighted by Crippen LogP contribution is 2.31. The van der Waals surface area contributed by atoms with Gasteiger partial charge in [0.15, 0.2) is 0 Å². The molecule has 14 nitrogen and oxygen atoms in total. The van der Waals surface area contributed by atoms with Gasteiger partial charge in [0, 0.05) is 23.2 Å². The summed E-state index contributed by atoms with van der Waals surface area (Å²) < 4.78 is 124. The third kappa shape index (κ3) is 8.39. The van der Waals surface area contributed by atoms with E-state index in [0.29, 0.717) is 23.5 Å². The minimum atomic E-state index is -4.59. The smallest absolute Gasteiger partial charge is 0.296 e. The van der Waals surface area contributed by atoms with Crippen molar-refractivity contribution in [2.24, 2.45) is 11.3 Å². The molecular formula is C25H28N2O12S4. The van der Waals surface area contributed by atoms with Gasteiger partial charge in [0.25, 0.3) is 40.5 Å². The maximum absolute atomic E-state index is 11.1. The number of benzene rings is 2. The quantitative estimate of drug-likeness (QED) is 0.167. The molecule has 6 N–H and O–H groups in total. The summed E-state index contributed by atoms with van der Waals surface area (Å²) in [6.45, 7) is 6.77. The highest BCUT2D eigenvalue weighted by atomic mass is 32.2. The lowest BCUT2D eigenvalue weighted by atomic mass is 9.77. The molecule has 2 aromatic carbocycles. The highest BCUT2D eigenvalue weighted by molar-refractivity contribution is 7.87. The largest absolute Gasteiger partial charge is 0.360 e. The van der Waals surface area contributed by atoms with Crippen LogP contribution in [0.25, 0.3) is 21.8 Å². The summed E-state index contributed by atoms with van der Waals surface area (Å²) in [6.07, 6.45) is 11.5. The maximum Gasteiger partial charge on any atom is 0.296 e. The lowest BCUT2D eigenvalue weighted by molar-refractivity contribution is 0.364. The first kappa shape index (κ1) is 34.1. The van der Waals surface area contributed by atoms with Crippen LogP contribution in [0.3, 0.4) is 0 Å². The number of hydrogen-bond donors (Lipinski definition) is 6. The van der Waals surface area contributed by atoms with Crippen LogP contribution in [0.4, 0.5) is 0 Å². The van der Waals surface area contributed by atoms with Gasteiger partial charge in [-0.3, -0.25) is 18.2 Å². The van der Waals surface area contributed by atoms with Gasteiger partial charge < -0.3 is 9.97 Å². The van der Waals surface area contributed by atoms with Crippen LogP contribution in [-0.2, 0) is 40.5 Å². The molecule has 18 heteroatoms. The average Bonchev–Trinajstić information content (AvgIpc) is 3.52. The van der Waals surface area contributed by atoms with Crippen LogP contribution in [-0.4, -0.2) is 61.9 Å². The Kier molecular flexibility index (Phi) is 9.50. The summed E-state index contributed by atoms with van der Waals surface area (Å²) in [4.78, 5) is 2.71. The summed E-state index contributed by atoms with van der Waals surface area (Å²) in [7, 11) is -18.3. The van der Waals surface area contributed by atoms with E-state index in [1.807, 2.05) is 0 Å². The van der Waals surface area contributed by atoms with E-state index >= 15 is 0 Å². The molecule has 0 aliphatic heterocycles. The van der Waals surface area contributed by atoms with Crippen LogP contribution in [0, 0.1) is 11.3 Å². The van der Waals surface area contributed by atoms with Crippen LogP contribution in [0.5, 0.6) is 0 Å². The summed E-state index contributed by atoms with van der Waals surface area (Å²) in [5.74, 6) is 0.683. The van der Waals surface area contributed by atoms with Crippen molar-refractivity contribution in [2.45, 2.75) is 40.4 Å². The van der Waals surface area contributed by atoms with E-state index in [1.165, 1.54) is 24.5 Å². The van der Waals surface area contributed by atoms with Crippen molar-refractivity contribution in [3.8, 4) is 0 Å². The lowest BCUT2D eigenvalue weighted by Crippen LogP contribution is -2.18. The molecule has 4 aromatic rings. The Bertz CT molecular complexity index is 2040. The zero-order valence-electron chi connectivity index (χ0n) is 22.7. The minimum Gasteiger partial charge on any atom is -0.360 e. The van der Waals surface area contributed by atoms with Gasteiger partial charge in [-0.1, -0.05) is 45.1 Å². The fourth-order valence-corrected chi connectivity index (χ4v) is 6.52. The first-order valence-corrected chi connectivity index (χ1v) is 17.8. The molecule has 1 aliphatic carbocycles. The molecule has 43 heavy (non-hydrogen) atoms. The number of H-pyrrole nitrogens is 2. The van der Waals surface area contributed by atoms with E-state index in [0.717, 1.165) is 12.1 Å². The second-order valence-corrected chi connectivity index (χ2v) is 15.6. The SMILES string of the molecule is CC1C=CC=CC1(C)C.O=S(=O)(O)c1cc(S(=O)(=O)O)c2[nH]ccc2c1.O=S(=O)(O)c1cc(S(=O)(=O)O)c2[nH]ccc2c1. The summed E-state index contributed by atoms with van der Waals surface area (Å²) >= 11 is 0. The van der Waals surface area contributed by atoms with Crippen molar-refractivity contribution >= 4 is 62.3 Å². The number of aromatic amines is 2. The molecule has 0 saturated heterocycles. The Balaban J connectivity index is 0.000000186. The number of rotatable bonds is 4. The molecule has 0 bridgehead atoms. The second kappa shape index (κ2) is 12.0. The number of nitrogens with one attached hydrogen (secondary N) is 2. The molecule has 1 unspecified atom stereocenters. The predicted octanol–water partition coefficient (Wildman–Crippen LogP) is 4.10. The molecule has 5 rings (SSSR count). The number of fused-ring (bicyclic) bond motifs is 2. The molecule has 2 heterocycles. The van der Waals surface area contributed by atoms with Crippen LogP contribution < -0.4 is 0 Å². The summed E-state index contributed by atoms with van der Waals surface area (Å²) in [6, 6.07) is 6.38. The van der Waals surface area contributed by atoms with E-state index in [1.54, 1.807) is 0 Å². The number of aromatic nitrogens is 2. The van der Waals surface area contributed by atoms with E-state index in [4.69, 9.17) is 18.2 Å². The molecule has 1 atom stereocenters. The molecule has 0 saturated carbocycles. The van der Waals surface area contributed by atoms with Crippen LogP contribution in [0.1, 0.15) is 20.8 Å². The minimum absolute atomic E-state index is 0.0694. The van der Waals surface area contributed by atoms with Gasteiger partial charge in [-0.05, 0) is 47.7 Å². The fraction of sp³-hybridized carbons (Fsp3) is 0.200. The average molecular weight is 677 g/mol. The fourth-order valence-electron chi connectivity index (χ4n) is 3.86. The third-order valence-corrected chi connectivity index (χ3v) is 9.97. The molecule has 234 valence electrons. The van der Waals surface area contributed by atoms with Crippen LogP contribution in [0.15, 0.2) is 92.7 Å². The first-order valence-electron chi connectivity index (χ1n) is 12.0. The standard InChI is InChI=1S/C9H14.2C8H7NO6S2/c1-8-6-4-5-7-9(8,2)3;2*10-16(11,12)6-3-5-1-2-9-8(5)7(4-6)17(13,14)15/h4-8H,1-3H3;2*1-4,9H,(H,10,11,12)(H,13,14,15). The molecular weight excluding hydrogens is 649 g/mol. The zero-order valence-corrected chi connectivity index (χ0v) is 26.0. The summed E-state index contributed by atoms with van der Waals surface area (Å²) in [5, 5.41) is 0.487. The maximum atomic E-state index is 11.1. The second-order valence-electron chi connectivity index (χ2n) is 9.98. The molecule has 0 fully saturated rings. The van der Waals surface area contributed by atoms with Crippen molar-refractivity contribution in [1.82, 2.24) is 9.97 Å². The normalized spacial score (nSPS) is 16.8. The van der Waals surface area contributed by atoms with Gasteiger partial charge >= 0.3 is 0 Å². The Morgan fingerprint density at radius 3 is 1.30 bits per heavy atom. The van der Waals surface area contributed by atoms with Crippen molar-refractivity contribution in [3.05, 3.63) is 73.1 Å². The van der Waals surface area contributed by atoms with E-state index in [2.05, 4.69) is 55.0 Å². The van der Waals surface area contributed by atoms with E-state index in [-0.39, 0.29) is 21.8 Å².